The Balaban J connectivity index is 0.000000277. The second kappa shape index (κ2) is 12.2. The number of hydrogen-bond donors (Lipinski definition) is 0. The van der Waals surface area contributed by atoms with Crippen LogP contribution in [0.5, 0.6) is 11.5 Å². The first-order valence-electron chi connectivity index (χ1n) is 12.1. The Bertz CT molecular complexity index is 1010. The second-order valence-corrected chi connectivity index (χ2v) is 9.29. The summed E-state index contributed by atoms with van der Waals surface area (Å²) < 4.78 is 11.1. The molecule has 0 saturated carbocycles. The monoisotopic (exact) mass is 485 g/mol. The van der Waals surface area contributed by atoms with E-state index < -0.39 is 0 Å². The van der Waals surface area contributed by atoms with Gasteiger partial charge in [0.05, 0.1) is 5.56 Å². The van der Waals surface area contributed by atoms with Crippen molar-refractivity contribution in [1.29, 1.82) is 0 Å². The van der Waals surface area contributed by atoms with E-state index in [0.717, 1.165) is 67.5 Å². The molecule has 1 fully saturated rings. The number of nitrogens with zero attached hydrogens (tertiary/aromatic N) is 3. The summed E-state index contributed by atoms with van der Waals surface area (Å²) in [7, 11) is 2.17. The molecule has 0 amide bonds. The average molecular weight is 486 g/mol. The highest BCUT2D eigenvalue weighted by molar-refractivity contribution is 6.31. The third-order valence-corrected chi connectivity index (χ3v) is 6.39. The highest BCUT2D eigenvalue weighted by Gasteiger charge is 2.27. The molecule has 2 unspecified atom stereocenters. The number of fused-ring (bicyclic) bond motifs is 2. The molecule has 184 valence electrons. The first-order chi connectivity index (χ1) is 16.3. The predicted molar refractivity (Wildman–Crippen MR) is 139 cm³/mol. The molecule has 2 aromatic rings. The molecular formula is C27H36ClN3O3. The number of aliphatic imine (C=N–C) groups is 1. The molecule has 2 aromatic carbocycles. The smallest absolute Gasteiger partial charge is 0.302 e. The molecule has 2 atom stereocenters. The average Bonchev–Trinajstić information content (AvgIpc) is 2.97. The van der Waals surface area contributed by atoms with E-state index in [2.05, 4.69) is 36.8 Å². The molecule has 0 spiro atoms. The van der Waals surface area contributed by atoms with E-state index in [1.807, 2.05) is 43.3 Å². The summed E-state index contributed by atoms with van der Waals surface area (Å²) in [6.07, 6.45) is 3.12. The van der Waals surface area contributed by atoms with Crippen molar-refractivity contribution in [3.05, 3.63) is 53.1 Å². The molecule has 2 aliphatic rings. The molecule has 2 heterocycles. The van der Waals surface area contributed by atoms with Gasteiger partial charge in [0.25, 0.3) is 0 Å². The lowest BCUT2D eigenvalue weighted by Crippen LogP contribution is -2.52. The van der Waals surface area contributed by atoms with Crippen molar-refractivity contribution in [2.75, 3.05) is 26.7 Å². The van der Waals surface area contributed by atoms with Gasteiger partial charge in [0.15, 0.2) is 5.75 Å². The Morgan fingerprint density at radius 3 is 2.65 bits per heavy atom. The molecule has 2 aliphatic heterocycles. The fourth-order valence-corrected chi connectivity index (χ4v) is 4.25. The van der Waals surface area contributed by atoms with Crippen molar-refractivity contribution in [3.8, 4) is 11.5 Å². The third-order valence-electron chi connectivity index (χ3n) is 6.15. The summed E-state index contributed by atoms with van der Waals surface area (Å²) in [5.41, 5.74) is 1.81. The van der Waals surface area contributed by atoms with Crippen molar-refractivity contribution in [3.63, 3.8) is 0 Å². The summed E-state index contributed by atoms with van der Waals surface area (Å²) in [5, 5.41) is 0.665. The van der Waals surface area contributed by atoms with Crippen LogP contribution in [0.4, 0.5) is 5.69 Å². The fourth-order valence-electron chi connectivity index (χ4n) is 4.08. The number of piperazine rings is 1. The van der Waals surface area contributed by atoms with Crippen molar-refractivity contribution < 1.29 is 14.3 Å². The standard InChI is InChI=1S/C19H20ClN3O.C8H16O2/c1-13-12-23(10-9-22(13)2)19-15-5-3-4-6-17(15)24-18-8-7-14(20)11-16(18)21-19;1-4-6-8(5-2)10-7(3)9/h3-8,11,13H,9-10,12H2,1-2H3;8H,4-6H2,1-3H3. The van der Waals surface area contributed by atoms with Gasteiger partial charge in [-0.15, -0.1) is 0 Å². The number of hydrogen-bond acceptors (Lipinski definition) is 6. The number of carbonyl (C=O) groups excluding carboxylic acids is 1. The van der Waals surface area contributed by atoms with Crippen LogP contribution < -0.4 is 4.74 Å². The van der Waals surface area contributed by atoms with Crippen LogP contribution in [0.25, 0.3) is 0 Å². The quantitative estimate of drug-likeness (QED) is 0.476. The van der Waals surface area contributed by atoms with Crippen LogP contribution in [-0.4, -0.2) is 60.4 Å². The van der Waals surface area contributed by atoms with Gasteiger partial charge in [0, 0.05) is 37.6 Å². The Labute approximate surface area is 208 Å². The number of esters is 1. The van der Waals surface area contributed by atoms with Crippen LogP contribution in [0.3, 0.4) is 0 Å². The third kappa shape index (κ3) is 6.73. The predicted octanol–water partition coefficient (Wildman–Crippen LogP) is 6.29. The van der Waals surface area contributed by atoms with Gasteiger partial charge in [-0.25, -0.2) is 4.99 Å². The number of likely N-dealkylation sites (N-methyl/N-ethyl adjacent to an activating group) is 1. The number of carbonyl (C=O) groups is 1. The van der Waals surface area contributed by atoms with Crippen LogP contribution in [0.15, 0.2) is 47.5 Å². The molecule has 0 bridgehead atoms. The van der Waals surface area contributed by atoms with Gasteiger partial charge in [0.1, 0.15) is 23.4 Å². The maximum Gasteiger partial charge on any atom is 0.302 e. The molecule has 34 heavy (non-hydrogen) atoms. The zero-order valence-corrected chi connectivity index (χ0v) is 21.6. The van der Waals surface area contributed by atoms with Crippen LogP contribution in [0.2, 0.25) is 5.02 Å². The van der Waals surface area contributed by atoms with Gasteiger partial charge in [-0.1, -0.05) is 44.0 Å². The lowest BCUT2D eigenvalue weighted by atomic mass is 10.1. The van der Waals surface area contributed by atoms with E-state index in [1.54, 1.807) is 0 Å². The van der Waals surface area contributed by atoms with Crippen LogP contribution >= 0.6 is 11.6 Å². The van der Waals surface area contributed by atoms with Crippen molar-refractivity contribution in [2.45, 2.75) is 59.1 Å². The van der Waals surface area contributed by atoms with Crippen LogP contribution in [0, 0.1) is 0 Å². The molecule has 6 nitrogen and oxygen atoms in total. The molecule has 0 aliphatic carbocycles. The number of rotatable bonds is 4. The number of amidine groups is 1. The Kier molecular flexibility index (Phi) is 9.36. The van der Waals surface area contributed by atoms with Gasteiger partial charge in [-0.2, -0.15) is 0 Å². The van der Waals surface area contributed by atoms with E-state index in [9.17, 15) is 4.79 Å². The number of benzene rings is 2. The first kappa shape index (κ1) is 26.0. The lowest BCUT2D eigenvalue weighted by molar-refractivity contribution is -0.146. The van der Waals surface area contributed by atoms with E-state index in [0.29, 0.717) is 11.1 Å². The maximum absolute atomic E-state index is 10.5. The van der Waals surface area contributed by atoms with E-state index in [4.69, 9.17) is 26.1 Å². The topological polar surface area (TPSA) is 54.4 Å². The molecule has 0 radical (unpaired) electrons. The lowest BCUT2D eigenvalue weighted by Gasteiger charge is -2.39. The molecule has 0 N–H and O–H groups in total. The van der Waals surface area contributed by atoms with Crippen LogP contribution in [-0.2, 0) is 9.53 Å². The van der Waals surface area contributed by atoms with E-state index in [1.165, 1.54) is 6.92 Å². The van der Waals surface area contributed by atoms with Gasteiger partial charge in [0.2, 0.25) is 0 Å². The summed E-state index contributed by atoms with van der Waals surface area (Å²) >= 11 is 6.17. The fraction of sp³-hybridized carbons (Fsp3) is 0.481. The molecule has 4 rings (SSSR count). The summed E-state index contributed by atoms with van der Waals surface area (Å²) in [6.45, 7) is 10.7. The SMILES string of the molecule is CC1CN(C2=Nc3cc(Cl)ccc3Oc3ccccc32)CCN1C.CCCC(CC)OC(C)=O. The number of para-hydroxylation sites is 1. The van der Waals surface area contributed by atoms with Crippen molar-refractivity contribution in [1.82, 2.24) is 9.80 Å². The summed E-state index contributed by atoms with van der Waals surface area (Å²) in [6, 6.07) is 14.1. The molecule has 1 saturated heterocycles. The van der Waals surface area contributed by atoms with Gasteiger partial charge in [-0.05, 0) is 57.1 Å². The minimum Gasteiger partial charge on any atom is -0.463 e. The Morgan fingerprint density at radius 2 is 1.97 bits per heavy atom. The maximum atomic E-state index is 10.5. The number of halogens is 1. The first-order valence-corrected chi connectivity index (χ1v) is 12.5. The van der Waals surface area contributed by atoms with E-state index in [-0.39, 0.29) is 12.1 Å². The minimum absolute atomic E-state index is 0.141. The Morgan fingerprint density at radius 1 is 1.21 bits per heavy atom. The van der Waals surface area contributed by atoms with Gasteiger partial charge >= 0.3 is 5.97 Å². The Hall–Kier alpha value is -2.57. The zero-order valence-electron chi connectivity index (χ0n) is 20.9. The van der Waals surface area contributed by atoms with Gasteiger partial charge < -0.3 is 19.3 Å². The highest BCUT2D eigenvalue weighted by Crippen LogP contribution is 2.39. The minimum atomic E-state index is -0.166. The van der Waals surface area contributed by atoms with Crippen LogP contribution in [0.1, 0.15) is 52.5 Å². The van der Waals surface area contributed by atoms with Gasteiger partial charge in [-0.3, -0.25) is 4.79 Å². The largest absolute Gasteiger partial charge is 0.463 e. The zero-order chi connectivity index (χ0) is 24.7. The van der Waals surface area contributed by atoms with Crippen molar-refractivity contribution >= 4 is 29.1 Å². The highest BCUT2D eigenvalue weighted by atomic mass is 35.5. The second-order valence-electron chi connectivity index (χ2n) is 8.85. The summed E-state index contributed by atoms with van der Waals surface area (Å²) in [4.78, 5) is 20.1. The summed E-state index contributed by atoms with van der Waals surface area (Å²) in [5.74, 6) is 2.37. The van der Waals surface area contributed by atoms with Crippen molar-refractivity contribution in [2.24, 2.45) is 4.99 Å². The molecule has 0 aromatic heterocycles. The number of ether oxygens (including phenoxy) is 2. The molecule has 7 heteroatoms. The molecular weight excluding hydrogens is 450 g/mol. The van der Waals surface area contributed by atoms with E-state index >= 15 is 0 Å². The normalized spacial score (nSPS) is 18.2.